The second-order valence-electron chi connectivity index (χ2n) is 8.08. The van der Waals surface area contributed by atoms with Gasteiger partial charge in [0.05, 0.1) is 0 Å². The SMILES string of the molecule is Oc1ccc2ccccc2c1-c1c(O)c(-c2cccc3ccccc23)cc2ccccc12. The van der Waals surface area contributed by atoms with E-state index >= 15 is 0 Å². The minimum atomic E-state index is 0.152. The number of phenolic OH excluding ortho intramolecular Hbond substituents is 2. The van der Waals surface area contributed by atoms with Gasteiger partial charge in [-0.1, -0.05) is 97.1 Å². The first-order chi connectivity index (χ1) is 15.7. The van der Waals surface area contributed by atoms with Crippen LogP contribution in [0.4, 0.5) is 0 Å². The summed E-state index contributed by atoms with van der Waals surface area (Å²) in [5.41, 5.74) is 3.02. The Morgan fingerprint density at radius 2 is 0.969 bits per heavy atom. The van der Waals surface area contributed by atoms with Crippen LogP contribution < -0.4 is 0 Å². The fraction of sp³-hybridized carbons (Fsp3) is 0. The van der Waals surface area contributed by atoms with Gasteiger partial charge >= 0.3 is 0 Å². The lowest BCUT2D eigenvalue weighted by Gasteiger charge is -2.18. The van der Waals surface area contributed by atoms with Gasteiger partial charge in [-0.3, -0.25) is 0 Å². The molecule has 6 rings (SSSR count). The predicted molar refractivity (Wildman–Crippen MR) is 133 cm³/mol. The smallest absolute Gasteiger partial charge is 0.132 e. The Kier molecular flexibility index (Phi) is 4.12. The molecule has 2 nitrogen and oxygen atoms in total. The number of hydrogen-bond donors (Lipinski definition) is 2. The number of rotatable bonds is 2. The van der Waals surface area contributed by atoms with Crippen molar-refractivity contribution in [1.29, 1.82) is 0 Å². The number of hydrogen-bond acceptors (Lipinski definition) is 2. The molecular weight excluding hydrogens is 392 g/mol. The van der Waals surface area contributed by atoms with Gasteiger partial charge in [0, 0.05) is 16.7 Å². The molecule has 0 atom stereocenters. The lowest BCUT2D eigenvalue weighted by molar-refractivity contribution is 0.471. The third-order valence-corrected chi connectivity index (χ3v) is 6.26. The van der Waals surface area contributed by atoms with Crippen LogP contribution in [0.5, 0.6) is 11.5 Å². The largest absolute Gasteiger partial charge is 0.507 e. The van der Waals surface area contributed by atoms with E-state index < -0.39 is 0 Å². The molecule has 0 bridgehead atoms. The highest BCUT2D eigenvalue weighted by atomic mass is 16.3. The second kappa shape index (κ2) is 7.14. The van der Waals surface area contributed by atoms with Crippen molar-refractivity contribution >= 4 is 32.3 Å². The predicted octanol–water partition coefficient (Wildman–Crippen LogP) is 7.89. The monoisotopic (exact) mass is 412 g/mol. The van der Waals surface area contributed by atoms with Gasteiger partial charge in [0.25, 0.3) is 0 Å². The standard InChI is InChI=1S/C30H20O2/c31-27-17-16-20-9-2-5-13-23(20)28(27)29-24-14-6-3-10-21(24)18-26(30(29)32)25-15-7-11-19-8-1-4-12-22(19)25/h1-18,31-32H. The Balaban J connectivity index is 1.79. The quantitative estimate of drug-likeness (QED) is 0.303. The molecule has 0 unspecified atom stereocenters. The lowest BCUT2D eigenvalue weighted by Crippen LogP contribution is -1.90. The van der Waals surface area contributed by atoms with Crippen LogP contribution >= 0.6 is 0 Å². The fourth-order valence-electron chi connectivity index (χ4n) is 4.78. The van der Waals surface area contributed by atoms with Gasteiger partial charge in [0.15, 0.2) is 0 Å². The minimum absolute atomic E-state index is 0.152. The van der Waals surface area contributed by atoms with Crippen molar-refractivity contribution in [3.63, 3.8) is 0 Å². The molecule has 0 saturated carbocycles. The zero-order valence-corrected chi connectivity index (χ0v) is 17.3. The molecule has 0 heterocycles. The van der Waals surface area contributed by atoms with Crippen LogP contribution in [0.1, 0.15) is 0 Å². The van der Waals surface area contributed by atoms with Crippen LogP contribution in [-0.4, -0.2) is 10.2 Å². The Labute approximate surface area is 185 Å². The summed E-state index contributed by atoms with van der Waals surface area (Å²) in [7, 11) is 0. The van der Waals surface area contributed by atoms with Crippen molar-refractivity contribution in [1.82, 2.24) is 0 Å². The summed E-state index contributed by atoms with van der Waals surface area (Å²) < 4.78 is 0. The Morgan fingerprint density at radius 3 is 1.72 bits per heavy atom. The molecule has 2 N–H and O–H groups in total. The maximum atomic E-state index is 11.7. The average Bonchev–Trinajstić information content (AvgIpc) is 2.84. The van der Waals surface area contributed by atoms with Crippen molar-refractivity contribution in [3.05, 3.63) is 109 Å². The summed E-state index contributed by atoms with van der Waals surface area (Å²) >= 11 is 0. The molecule has 152 valence electrons. The molecule has 2 heteroatoms. The highest BCUT2D eigenvalue weighted by Crippen LogP contribution is 2.49. The van der Waals surface area contributed by atoms with Crippen LogP contribution in [0.25, 0.3) is 54.6 Å². The van der Waals surface area contributed by atoms with Crippen LogP contribution in [0.15, 0.2) is 109 Å². The van der Waals surface area contributed by atoms with Crippen molar-refractivity contribution in [2.75, 3.05) is 0 Å². The van der Waals surface area contributed by atoms with E-state index in [2.05, 4.69) is 24.3 Å². The van der Waals surface area contributed by atoms with Gasteiger partial charge in [-0.2, -0.15) is 0 Å². The van der Waals surface area contributed by atoms with Gasteiger partial charge in [-0.05, 0) is 50.0 Å². The highest BCUT2D eigenvalue weighted by molar-refractivity contribution is 6.13. The molecule has 0 saturated heterocycles. The molecule has 0 spiro atoms. The summed E-state index contributed by atoms with van der Waals surface area (Å²) in [6.07, 6.45) is 0. The molecule has 6 aromatic carbocycles. The number of benzene rings is 6. The van der Waals surface area contributed by atoms with E-state index in [-0.39, 0.29) is 11.5 Å². The average molecular weight is 412 g/mol. The van der Waals surface area contributed by atoms with E-state index in [4.69, 9.17) is 0 Å². The number of phenols is 2. The van der Waals surface area contributed by atoms with Crippen molar-refractivity contribution < 1.29 is 10.2 Å². The minimum Gasteiger partial charge on any atom is -0.507 e. The molecule has 6 aromatic rings. The Hall–Kier alpha value is -4.30. The van der Waals surface area contributed by atoms with Crippen molar-refractivity contribution in [2.24, 2.45) is 0 Å². The molecule has 0 fully saturated rings. The Bertz CT molecular complexity index is 1640. The molecule has 0 aliphatic carbocycles. The summed E-state index contributed by atoms with van der Waals surface area (Å²) in [5.74, 6) is 0.325. The number of fused-ring (bicyclic) bond motifs is 3. The van der Waals surface area contributed by atoms with Crippen LogP contribution in [-0.2, 0) is 0 Å². The van der Waals surface area contributed by atoms with Crippen LogP contribution in [0.3, 0.4) is 0 Å². The normalized spacial score (nSPS) is 11.4. The molecule has 0 amide bonds. The molecule has 0 aliphatic heterocycles. The number of aromatic hydroxyl groups is 2. The second-order valence-corrected chi connectivity index (χ2v) is 8.08. The molecule has 32 heavy (non-hydrogen) atoms. The van der Waals surface area contributed by atoms with E-state index in [1.54, 1.807) is 6.07 Å². The maximum Gasteiger partial charge on any atom is 0.132 e. The van der Waals surface area contributed by atoms with Crippen molar-refractivity contribution in [2.45, 2.75) is 0 Å². The summed E-state index contributed by atoms with van der Waals surface area (Å²) in [4.78, 5) is 0. The van der Waals surface area contributed by atoms with Gasteiger partial charge in [-0.15, -0.1) is 0 Å². The van der Waals surface area contributed by atoms with E-state index in [9.17, 15) is 10.2 Å². The van der Waals surface area contributed by atoms with Gasteiger partial charge in [0.1, 0.15) is 11.5 Å². The zero-order chi connectivity index (χ0) is 21.7. The zero-order valence-electron chi connectivity index (χ0n) is 17.3. The van der Waals surface area contributed by atoms with Crippen LogP contribution in [0.2, 0.25) is 0 Å². The van der Waals surface area contributed by atoms with Gasteiger partial charge in [0.2, 0.25) is 0 Å². The van der Waals surface area contributed by atoms with Gasteiger partial charge < -0.3 is 10.2 Å². The highest BCUT2D eigenvalue weighted by Gasteiger charge is 2.21. The molecule has 0 aromatic heterocycles. The first kappa shape index (κ1) is 18.5. The van der Waals surface area contributed by atoms with E-state index in [0.29, 0.717) is 11.1 Å². The molecule has 0 aliphatic rings. The van der Waals surface area contributed by atoms with Crippen LogP contribution in [0, 0.1) is 0 Å². The summed E-state index contributed by atoms with van der Waals surface area (Å²) in [5, 5.41) is 28.7. The Morgan fingerprint density at radius 1 is 0.406 bits per heavy atom. The lowest BCUT2D eigenvalue weighted by atomic mass is 9.87. The molecular formula is C30H20O2. The summed E-state index contributed by atoms with van der Waals surface area (Å²) in [6, 6.07) is 35.9. The molecule has 0 radical (unpaired) electrons. The third-order valence-electron chi connectivity index (χ3n) is 6.26. The first-order valence-electron chi connectivity index (χ1n) is 10.7. The van der Waals surface area contributed by atoms with Gasteiger partial charge in [-0.25, -0.2) is 0 Å². The van der Waals surface area contributed by atoms with Crippen molar-refractivity contribution in [3.8, 4) is 33.8 Å². The fourth-order valence-corrected chi connectivity index (χ4v) is 4.78. The maximum absolute atomic E-state index is 11.7. The first-order valence-corrected chi connectivity index (χ1v) is 10.7. The summed E-state index contributed by atoms with van der Waals surface area (Å²) in [6.45, 7) is 0. The van der Waals surface area contributed by atoms with E-state index in [1.165, 1.54) is 0 Å². The third kappa shape index (κ3) is 2.74. The topological polar surface area (TPSA) is 40.5 Å². The van der Waals surface area contributed by atoms with E-state index in [1.807, 2.05) is 78.9 Å². The van der Waals surface area contributed by atoms with E-state index in [0.717, 1.165) is 43.4 Å².